The molecule has 0 radical (unpaired) electrons. The van der Waals surface area contributed by atoms with Crippen LogP contribution < -0.4 is 24.8 Å². The van der Waals surface area contributed by atoms with Crippen LogP contribution in [0.25, 0.3) is 0 Å². The van der Waals surface area contributed by atoms with Crippen molar-refractivity contribution in [3.63, 3.8) is 0 Å². The molecule has 0 saturated carbocycles. The zero-order chi connectivity index (χ0) is 14.2. The van der Waals surface area contributed by atoms with Gasteiger partial charge in [-0.1, -0.05) is 0 Å². The third kappa shape index (κ3) is 11.0. The van der Waals surface area contributed by atoms with Crippen LogP contribution in [-0.2, 0) is 0 Å². The Kier molecular flexibility index (Phi) is 15.1. The molecule has 0 aromatic rings. The van der Waals surface area contributed by atoms with Crippen molar-refractivity contribution < 1.29 is 54.2 Å². The lowest BCUT2D eigenvalue weighted by Crippen LogP contribution is -3.00. The Morgan fingerprint density at radius 3 is 1.35 bits per heavy atom. The lowest BCUT2D eigenvalue weighted by molar-refractivity contribution is -0.938. The van der Waals surface area contributed by atoms with Crippen molar-refractivity contribution in [3.8, 4) is 0 Å². The quantitative estimate of drug-likeness (QED) is 0.299. The highest BCUT2D eigenvalue weighted by atomic mass is 35.5. The van der Waals surface area contributed by atoms with Gasteiger partial charge in [-0.2, -0.15) is 0 Å². The number of aliphatic hydroxyl groups is 4. The van der Waals surface area contributed by atoms with E-state index in [1.807, 2.05) is 21.1 Å². The van der Waals surface area contributed by atoms with Crippen LogP contribution >= 0.6 is 0 Å². The fourth-order valence-electron chi connectivity index (χ4n) is 2.38. The monoisotopic (exact) mass is 336 g/mol. The van der Waals surface area contributed by atoms with E-state index in [1.165, 1.54) is 0 Å². The molecule has 0 bridgehead atoms. The maximum absolute atomic E-state index is 10.1. The molecule has 4 N–H and O–H groups in total. The first-order chi connectivity index (χ1) is 8.28. The van der Waals surface area contributed by atoms with Gasteiger partial charge in [0.05, 0.1) is 41.0 Å². The summed E-state index contributed by atoms with van der Waals surface area (Å²) in [6.07, 6.45) is -0.519. The third-order valence-electron chi connectivity index (χ3n) is 3.08. The summed E-state index contributed by atoms with van der Waals surface area (Å²) >= 11 is 0. The second kappa shape index (κ2) is 11.9. The Morgan fingerprint density at radius 2 is 1.10 bits per heavy atom. The number of likely N-dealkylation sites (N-methyl/N-ethyl adjacent to an activating group) is 1. The highest BCUT2D eigenvalue weighted by molar-refractivity contribution is 4.56. The van der Waals surface area contributed by atoms with E-state index in [-0.39, 0.29) is 44.6 Å². The summed E-state index contributed by atoms with van der Waals surface area (Å²) in [6.45, 7) is 2.31. The number of hydrogen-bond donors (Lipinski definition) is 4. The Hall–Kier alpha value is 0.340. The molecule has 8 heteroatoms. The lowest BCUT2D eigenvalue weighted by Gasteiger charge is -2.39. The highest BCUT2D eigenvalue weighted by Gasteiger charge is 2.31. The molecule has 0 aliphatic heterocycles. The van der Waals surface area contributed by atoms with Gasteiger partial charge in [0, 0.05) is 0 Å². The predicted molar refractivity (Wildman–Crippen MR) is 69.9 cm³/mol. The van der Waals surface area contributed by atoms with E-state index < -0.39 is 6.10 Å². The first kappa shape index (κ1) is 25.3. The van der Waals surface area contributed by atoms with Crippen LogP contribution in [-0.4, -0.2) is 109 Å². The molecule has 0 saturated heterocycles. The largest absolute Gasteiger partial charge is 1.00 e. The zero-order valence-electron chi connectivity index (χ0n) is 12.7. The van der Waals surface area contributed by atoms with Gasteiger partial charge in [-0.25, -0.2) is 0 Å². The number of aliphatic hydroxyl groups excluding tert-OH is 4. The lowest BCUT2D eigenvalue weighted by atomic mass is 10.2. The van der Waals surface area contributed by atoms with E-state index in [4.69, 9.17) is 15.3 Å². The van der Waals surface area contributed by atoms with Gasteiger partial charge < -0.3 is 54.2 Å². The smallest absolute Gasteiger partial charge is 0.152 e. The van der Waals surface area contributed by atoms with Crippen molar-refractivity contribution in [1.29, 1.82) is 0 Å². The summed E-state index contributed by atoms with van der Waals surface area (Å²) < 4.78 is 1.00. The van der Waals surface area contributed by atoms with Crippen LogP contribution in [0.15, 0.2) is 0 Å². The van der Waals surface area contributed by atoms with E-state index in [9.17, 15) is 5.11 Å². The van der Waals surface area contributed by atoms with Crippen LogP contribution in [0.2, 0.25) is 0 Å². The molecule has 0 amide bonds. The van der Waals surface area contributed by atoms with Gasteiger partial charge in [0.1, 0.15) is 32.7 Å². The SMILES string of the molecule is C[N+](C)(C)CC(O)C[N+](CCO)(CCO)CCO.[Cl-].[Cl-]. The van der Waals surface area contributed by atoms with Gasteiger partial charge in [0.15, 0.2) is 6.10 Å². The normalized spacial score (nSPS) is 13.3. The molecule has 20 heavy (non-hydrogen) atoms. The van der Waals surface area contributed by atoms with Gasteiger partial charge in [0.2, 0.25) is 0 Å². The summed E-state index contributed by atoms with van der Waals surface area (Å²) in [7, 11) is 6.01. The van der Waals surface area contributed by atoms with Gasteiger partial charge in [-0.15, -0.1) is 0 Å². The minimum atomic E-state index is -0.519. The Bertz CT molecular complexity index is 211. The number of halogens is 2. The summed E-state index contributed by atoms with van der Waals surface area (Å²) in [4.78, 5) is 0. The van der Waals surface area contributed by atoms with Gasteiger partial charge in [0.25, 0.3) is 0 Å². The molecule has 0 aromatic carbocycles. The number of nitrogens with zero attached hydrogens (tertiary/aromatic N) is 2. The summed E-state index contributed by atoms with van der Waals surface area (Å²) in [6, 6.07) is 0. The molecule has 0 aliphatic carbocycles. The molecule has 0 rings (SSSR count). The predicted octanol–water partition coefficient (Wildman–Crippen LogP) is -8.14. The van der Waals surface area contributed by atoms with Crippen LogP contribution in [0, 0.1) is 0 Å². The Labute approximate surface area is 134 Å². The maximum Gasteiger partial charge on any atom is 0.152 e. The summed E-state index contributed by atoms with van der Waals surface area (Å²) in [5.74, 6) is 0. The molecule has 126 valence electrons. The van der Waals surface area contributed by atoms with E-state index in [1.54, 1.807) is 0 Å². The van der Waals surface area contributed by atoms with Gasteiger partial charge >= 0.3 is 0 Å². The molecule has 6 nitrogen and oxygen atoms in total. The molecule has 0 aromatic heterocycles. The molecular formula is C12H30Cl2N2O4. The Balaban J connectivity index is -0.00000144. The summed E-state index contributed by atoms with van der Waals surface area (Å²) in [5, 5.41) is 37.5. The van der Waals surface area contributed by atoms with Crippen LogP contribution in [0.1, 0.15) is 0 Å². The van der Waals surface area contributed by atoms with Gasteiger partial charge in [-0.3, -0.25) is 0 Å². The van der Waals surface area contributed by atoms with Crippen LogP contribution in [0.3, 0.4) is 0 Å². The molecular weight excluding hydrogens is 307 g/mol. The van der Waals surface area contributed by atoms with Crippen LogP contribution in [0.4, 0.5) is 0 Å². The van der Waals surface area contributed by atoms with Gasteiger partial charge in [-0.05, 0) is 0 Å². The molecule has 1 unspecified atom stereocenters. The number of rotatable bonds is 10. The van der Waals surface area contributed by atoms with E-state index in [0.29, 0.717) is 41.7 Å². The average molecular weight is 337 g/mol. The number of hydrogen-bond acceptors (Lipinski definition) is 4. The van der Waals surface area contributed by atoms with Crippen molar-refractivity contribution in [2.45, 2.75) is 6.10 Å². The Morgan fingerprint density at radius 1 is 0.750 bits per heavy atom. The molecule has 0 heterocycles. The van der Waals surface area contributed by atoms with Crippen LogP contribution in [0.5, 0.6) is 0 Å². The van der Waals surface area contributed by atoms with E-state index in [2.05, 4.69) is 0 Å². The fourth-order valence-corrected chi connectivity index (χ4v) is 2.38. The molecule has 0 spiro atoms. The minimum Gasteiger partial charge on any atom is -1.00 e. The van der Waals surface area contributed by atoms with Crippen molar-refractivity contribution in [2.75, 3.05) is 73.7 Å². The summed E-state index contributed by atoms with van der Waals surface area (Å²) in [5.41, 5.74) is 0. The minimum absolute atomic E-state index is 0. The van der Waals surface area contributed by atoms with Crippen molar-refractivity contribution in [3.05, 3.63) is 0 Å². The third-order valence-corrected chi connectivity index (χ3v) is 3.08. The standard InChI is InChI=1S/C12H30N2O4.2ClH/c1-13(2,3)10-12(18)11-14(4-7-15,5-8-16)6-9-17;;/h12,15-18H,4-11H2,1-3H3;2*1H/q+2;;/p-2. The zero-order valence-corrected chi connectivity index (χ0v) is 14.2. The van der Waals surface area contributed by atoms with E-state index >= 15 is 0 Å². The van der Waals surface area contributed by atoms with Crippen molar-refractivity contribution >= 4 is 0 Å². The topological polar surface area (TPSA) is 80.9 Å². The van der Waals surface area contributed by atoms with Crippen molar-refractivity contribution in [2.24, 2.45) is 0 Å². The van der Waals surface area contributed by atoms with Crippen molar-refractivity contribution in [1.82, 2.24) is 0 Å². The molecule has 1 atom stereocenters. The second-order valence-corrected chi connectivity index (χ2v) is 5.99. The first-order valence-electron chi connectivity index (χ1n) is 6.45. The average Bonchev–Trinajstić information content (AvgIpc) is 2.15. The number of quaternary nitrogens is 2. The van der Waals surface area contributed by atoms with E-state index in [0.717, 1.165) is 0 Å². The maximum atomic E-state index is 10.1. The first-order valence-corrected chi connectivity index (χ1v) is 6.45. The molecule has 0 fully saturated rings. The highest BCUT2D eigenvalue weighted by Crippen LogP contribution is 2.09. The fraction of sp³-hybridized carbons (Fsp3) is 1.00. The molecule has 0 aliphatic rings. The second-order valence-electron chi connectivity index (χ2n) is 5.99.